The third kappa shape index (κ3) is 10.4. The predicted molar refractivity (Wildman–Crippen MR) is 77.6 cm³/mol. The molecule has 0 aromatic rings. The van der Waals surface area contributed by atoms with E-state index in [1.807, 2.05) is 0 Å². The molecule has 0 unspecified atom stereocenters. The van der Waals surface area contributed by atoms with E-state index in [4.69, 9.17) is 9.47 Å². The van der Waals surface area contributed by atoms with Gasteiger partial charge in [0.05, 0.1) is 5.70 Å². The number of hydrogen-bond acceptors (Lipinski definition) is 4. The van der Waals surface area contributed by atoms with Gasteiger partial charge >= 0.3 is 12.1 Å². The Hall–Kier alpha value is -0.790. The highest BCUT2D eigenvalue weighted by molar-refractivity contribution is 14.1. The summed E-state index contributed by atoms with van der Waals surface area (Å²) in [5.74, 6) is -0.293. The zero-order valence-electron chi connectivity index (χ0n) is 11.0. The van der Waals surface area contributed by atoms with Crippen molar-refractivity contribution in [2.24, 2.45) is 0 Å². The van der Waals surface area contributed by atoms with Gasteiger partial charge in [-0.15, -0.1) is 0 Å². The first-order valence-corrected chi connectivity index (χ1v) is 7.16. The number of amides is 1. The molecular weight excluding hydrogens is 349 g/mol. The molecule has 0 atom stereocenters. The van der Waals surface area contributed by atoms with E-state index in [2.05, 4.69) is 34.5 Å². The molecule has 18 heavy (non-hydrogen) atoms. The molecule has 5 nitrogen and oxygen atoms in total. The molecule has 0 rings (SSSR count). The fourth-order valence-corrected chi connectivity index (χ4v) is 1.32. The number of ether oxygens (including phenoxy) is 2. The summed E-state index contributed by atoms with van der Waals surface area (Å²) in [7, 11) is 0. The Bertz CT molecular complexity index is 310. The van der Waals surface area contributed by atoms with Crippen LogP contribution in [0.15, 0.2) is 12.3 Å². The smallest absolute Gasteiger partial charge is 0.411 e. The third-order valence-corrected chi connectivity index (χ3v) is 2.36. The minimum Gasteiger partial charge on any atom is -0.459 e. The van der Waals surface area contributed by atoms with Crippen molar-refractivity contribution >= 4 is 34.7 Å². The summed E-state index contributed by atoms with van der Waals surface area (Å²) in [6, 6.07) is 0. The number of hydrogen-bond donors (Lipinski definition) is 1. The molecule has 1 N–H and O–H groups in total. The van der Waals surface area contributed by atoms with E-state index in [0.717, 1.165) is 10.8 Å². The molecule has 0 radical (unpaired) electrons. The lowest BCUT2D eigenvalue weighted by atomic mass is 10.2. The van der Waals surface area contributed by atoms with Gasteiger partial charge in [-0.2, -0.15) is 0 Å². The van der Waals surface area contributed by atoms with Crippen molar-refractivity contribution in [3.63, 3.8) is 0 Å². The predicted octanol–water partition coefficient (Wildman–Crippen LogP) is 2.78. The summed E-state index contributed by atoms with van der Waals surface area (Å²) >= 11 is 2.19. The molecule has 1 amide bonds. The van der Waals surface area contributed by atoms with E-state index in [9.17, 15) is 9.59 Å². The molecule has 0 heterocycles. The van der Waals surface area contributed by atoms with Gasteiger partial charge in [-0.05, 0) is 27.2 Å². The first kappa shape index (κ1) is 17.2. The Kier molecular flexibility index (Phi) is 7.97. The monoisotopic (exact) mass is 369 g/mol. The molecule has 0 aromatic carbocycles. The summed E-state index contributed by atoms with van der Waals surface area (Å²) < 4.78 is 10.9. The van der Waals surface area contributed by atoms with Crippen LogP contribution in [-0.4, -0.2) is 28.7 Å². The number of carbonyl (C=O) groups excluding carboxylic acids is 2. The fraction of sp³-hybridized carbons (Fsp3) is 0.667. The molecule has 6 heteroatoms. The first-order chi connectivity index (χ1) is 8.24. The van der Waals surface area contributed by atoms with E-state index in [0.29, 0.717) is 12.1 Å². The van der Waals surface area contributed by atoms with E-state index >= 15 is 0 Å². The van der Waals surface area contributed by atoms with Crippen LogP contribution < -0.4 is 5.32 Å². The summed E-state index contributed by atoms with van der Waals surface area (Å²) in [4.78, 5) is 22.6. The molecule has 0 aliphatic rings. The van der Waals surface area contributed by atoms with Crippen LogP contribution in [0.25, 0.3) is 0 Å². The van der Waals surface area contributed by atoms with Gasteiger partial charge in [0.25, 0.3) is 0 Å². The average Bonchev–Trinajstić information content (AvgIpc) is 2.20. The van der Waals surface area contributed by atoms with Crippen molar-refractivity contribution in [2.45, 2.75) is 39.2 Å². The summed E-state index contributed by atoms with van der Waals surface area (Å²) in [5, 5.41) is 2.41. The number of carbonyl (C=O) groups is 2. The largest absolute Gasteiger partial charge is 0.459 e. The van der Waals surface area contributed by atoms with Gasteiger partial charge < -0.3 is 9.47 Å². The highest BCUT2D eigenvalue weighted by Gasteiger charge is 2.16. The zero-order chi connectivity index (χ0) is 14.2. The van der Waals surface area contributed by atoms with Crippen LogP contribution in [0.5, 0.6) is 0 Å². The number of esters is 1. The van der Waals surface area contributed by atoms with Crippen molar-refractivity contribution in [1.29, 1.82) is 0 Å². The molecule has 0 bridgehead atoms. The summed E-state index contributed by atoms with van der Waals surface area (Å²) in [5.41, 5.74) is -0.270. The van der Waals surface area contributed by atoms with Gasteiger partial charge in [-0.3, -0.25) is 10.1 Å². The van der Waals surface area contributed by atoms with E-state index in [1.54, 1.807) is 20.8 Å². The van der Waals surface area contributed by atoms with Crippen LogP contribution in [-0.2, 0) is 14.3 Å². The molecule has 0 saturated heterocycles. The number of halogens is 1. The highest BCUT2D eigenvalue weighted by atomic mass is 127. The lowest BCUT2D eigenvalue weighted by Crippen LogP contribution is -2.33. The zero-order valence-corrected chi connectivity index (χ0v) is 13.2. The van der Waals surface area contributed by atoms with E-state index < -0.39 is 11.7 Å². The molecule has 0 spiro atoms. The molecular formula is C12H20INO4. The Morgan fingerprint density at radius 2 is 1.94 bits per heavy atom. The van der Waals surface area contributed by atoms with E-state index in [1.165, 1.54) is 0 Å². The minimum absolute atomic E-state index is 0.0285. The maximum atomic E-state index is 11.4. The van der Waals surface area contributed by atoms with Crippen molar-refractivity contribution in [2.75, 3.05) is 11.0 Å². The fourth-order valence-electron chi connectivity index (χ4n) is 0.935. The van der Waals surface area contributed by atoms with Gasteiger partial charge in [0, 0.05) is 10.8 Å². The van der Waals surface area contributed by atoms with Gasteiger partial charge in [0.15, 0.2) is 0 Å². The molecule has 0 saturated carbocycles. The Labute approximate surface area is 121 Å². The second kappa shape index (κ2) is 8.34. The van der Waals surface area contributed by atoms with E-state index in [-0.39, 0.29) is 12.6 Å². The highest BCUT2D eigenvalue weighted by Crippen LogP contribution is 2.07. The Balaban J connectivity index is 3.84. The van der Waals surface area contributed by atoms with Crippen LogP contribution in [0.4, 0.5) is 4.79 Å². The second-order valence-corrected chi connectivity index (χ2v) is 5.76. The quantitative estimate of drug-likeness (QED) is 0.444. The maximum Gasteiger partial charge on any atom is 0.411 e. The summed E-state index contributed by atoms with van der Waals surface area (Å²) in [6.45, 7) is 8.85. The molecule has 0 aliphatic carbocycles. The van der Waals surface area contributed by atoms with Crippen LogP contribution in [0.2, 0.25) is 0 Å². The van der Waals surface area contributed by atoms with Crippen LogP contribution >= 0.6 is 22.6 Å². The second-order valence-electron chi connectivity index (χ2n) is 4.68. The lowest BCUT2D eigenvalue weighted by Gasteiger charge is -2.20. The van der Waals surface area contributed by atoms with Gasteiger partial charge in [-0.25, -0.2) is 4.79 Å². The van der Waals surface area contributed by atoms with Crippen molar-refractivity contribution < 1.29 is 19.1 Å². The number of alkyl halides is 1. The SMILES string of the molecule is C=C(COC(=O)CCCI)NC(=O)OC(C)(C)C. The number of nitrogens with one attached hydrogen (secondary N) is 1. The lowest BCUT2D eigenvalue weighted by molar-refractivity contribution is -0.142. The van der Waals surface area contributed by atoms with Gasteiger partial charge in [0.2, 0.25) is 0 Å². The molecule has 0 fully saturated rings. The maximum absolute atomic E-state index is 11.4. The van der Waals surface area contributed by atoms with Crippen molar-refractivity contribution in [3.8, 4) is 0 Å². The van der Waals surface area contributed by atoms with Gasteiger partial charge in [-0.1, -0.05) is 29.2 Å². The Morgan fingerprint density at radius 3 is 2.44 bits per heavy atom. The topological polar surface area (TPSA) is 64.6 Å². The normalized spacial score (nSPS) is 10.7. The van der Waals surface area contributed by atoms with Crippen LogP contribution in [0, 0.1) is 0 Å². The molecule has 0 aliphatic heterocycles. The first-order valence-electron chi connectivity index (χ1n) is 5.64. The number of rotatable bonds is 6. The standard InChI is InChI=1S/C12H20INO4/c1-9(8-17-10(15)6-5-7-13)14-11(16)18-12(2,3)4/h1,5-8H2,2-4H3,(H,14,16). The minimum atomic E-state index is -0.601. The molecule has 104 valence electrons. The average molecular weight is 369 g/mol. The number of alkyl carbamates (subject to hydrolysis) is 1. The summed E-state index contributed by atoms with van der Waals surface area (Å²) in [6.07, 6.45) is 0.560. The van der Waals surface area contributed by atoms with Crippen molar-refractivity contribution in [3.05, 3.63) is 12.3 Å². The van der Waals surface area contributed by atoms with Crippen LogP contribution in [0.3, 0.4) is 0 Å². The third-order valence-electron chi connectivity index (χ3n) is 1.60. The Morgan fingerprint density at radius 1 is 1.33 bits per heavy atom. The van der Waals surface area contributed by atoms with Crippen molar-refractivity contribution in [1.82, 2.24) is 5.32 Å². The van der Waals surface area contributed by atoms with Gasteiger partial charge in [0.1, 0.15) is 12.2 Å². The molecule has 0 aromatic heterocycles. The van der Waals surface area contributed by atoms with Crippen LogP contribution in [0.1, 0.15) is 33.6 Å².